The molecule has 2 aliphatic carbocycles. The molecule has 6 atom stereocenters. The summed E-state index contributed by atoms with van der Waals surface area (Å²) in [6.45, 7) is 1.73. The Morgan fingerprint density at radius 2 is 1.46 bits per heavy atom. The van der Waals surface area contributed by atoms with Gasteiger partial charge in [-0.2, -0.15) is 0 Å². The Kier molecular flexibility index (Phi) is 7.73. The van der Waals surface area contributed by atoms with Crippen molar-refractivity contribution in [3.05, 3.63) is 148 Å². The quantitative estimate of drug-likeness (QED) is 0.111. The van der Waals surface area contributed by atoms with E-state index in [2.05, 4.69) is 0 Å². The number of carbonyl (C=O) groups is 5. The van der Waals surface area contributed by atoms with Crippen molar-refractivity contribution in [2.45, 2.75) is 25.7 Å². The molecule has 0 spiro atoms. The number of rotatable bonds is 5. The van der Waals surface area contributed by atoms with E-state index >= 15 is 0 Å². The van der Waals surface area contributed by atoms with E-state index < -0.39 is 58.5 Å². The molecule has 1 N–H and O–H groups in total. The molecule has 3 fully saturated rings. The second-order valence-electron chi connectivity index (χ2n) is 14.7. The van der Waals surface area contributed by atoms with Crippen LogP contribution in [-0.4, -0.2) is 34.5 Å². The van der Waals surface area contributed by atoms with Crippen LogP contribution in [0, 0.1) is 34.9 Å². The minimum atomic E-state index is -1.43. The first-order valence-electron chi connectivity index (χ1n) is 17.8. The van der Waals surface area contributed by atoms with E-state index in [1.54, 1.807) is 67.6 Å². The summed E-state index contributed by atoms with van der Waals surface area (Å²) in [5, 5.41) is 12.9. The van der Waals surface area contributed by atoms with Crippen LogP contribution < -0.4 is 9.80 Å². The van der Waals surface area contributed by atoms with Gasteiger partial charge in [-0.3, -0.25) is 28.9 Å². The maximum absolute atomic E-state index is 14.8. The average molecular weight is 739 g/mol. The maximum atomic E-state index is 14.8. The molecule has 5 aromatic rings. The first-order chi connectivity index (χ1) is 26.0. The van der Waals surface area contributed by atoms with Crippen molar-refractivity contribution in [2.75, 3.05) is 9.80 Å². The summed E-state index contributed by atoms with van der Waals surface area (Å²) < 4.78 is 14.3. The largest absolute Gasteiger partial charge is 0.508 e. The Balaban J connectivity index is 1.15. The topological polar surface area (TPSA) is 112 Å². The minimum absolute atomic E-state index is 0.0635. The number of benzene rings is 5. The van der Waals surface area contributed by atoms with Gasteiger partial charge in [0, 0.05) is 22.6 Å². The zero-order valence-electron chi connectivity index (χ0n) is 28.9. The van der Waals surface area contributed by atoms with Gasteiger partial charge >= 0.3 is 0 Å². The van der Waals surface area contributed by atoms with Crippen molar-refractivity contribution < 1.29 is 33.5 Å². The summed E-state index contributed by atoms with van der Waals surface area (Å²) in [7, 11) is 0. The standard InChI is InChI=1S/C44H32ClFN2O6/c1-44-32(41(52)48(43(44)54)27-16-19-34(46)33(45)21-27)22-31-29(38(44)37-28-10-6-5-7-23(28)13-20-35(37)49)17-18-30-36(31)42(53)47(40(30)51)26-14-11-25(12-15-26)39(50)24-8-3-2-4-9-24/h2-17,19-21,30-32,36,38,49H,18,22H2,1H3. The highest BCUT2D eigenvalue weighted by atomic mass is 35.5. The van der Waals surface area contributed by atoms with Crippen LogP contribution in [0.5, 0.6) is 5.75 Å². The van der Waals surface area contributed by atoms with Gasteiger partial charge in [0.15, 0.2) is 5.78 Å². The Morgan fingerprint density at radius 1 is 0.778 bits per heavy atom. The summed E-state index contributed by atoms with van der Waals surface area (Å²) in [6, 6.07) is 29.7. The number of halogens is 2. The molecule has 0 radical (unpaired) electrons. The molecule has 6 unspecified atom stereocenters. The molecule has 10 heteroatoms. The predicted molar refractivity (Wildman–Crippen MR) is 200 cm³/mol. The number of carbonyl (C=O) groups excluding carboxylic acids is 5. The number of imide groups is 2. The number of hydrogen-bond donors (Lipinski definition) is 1. The first kappa shape index (κ1) is 33.9. The van der Waals surface area contributed by atoms with Crippen molar-refractivity contribution in [3.8, 4) is 5.75 Å². The van der Waals surface area contributed by atoms with E-state index in [0.717, 1.165) is 16.4 Å². The van der Waals surface area contributed by atoms with E-state index in [1.165, 1.54) is 17.0 Å². The Labute approximate surface area is 314 Å². The molecule has 2 aliphatic heterocycles. The molecule has 268 valence electrons. The number of anilines is 2. The van der Waals surface area contributed by atoms with Gasteiger partial charge in [-0.15, -0.1) is 0 Å². The van der Waals surface area contributed by atoms with Crippen LogP contribution in [-0.2, 0) is 19.2 Å². The molecule has 2 heterocycles. The van der Waals surface area contributed by atoms with Gasteiger partial charge in [0.25, 0.3) is 0 Å². The van der Waals surface area contributed by atoms with Crippen LogP contribution in [0.4, 0.5) is 15.8 Å². The number of amides is 4. The summed E-state index contributed by atoms with van der Waals surface area (Å²) in [5.74, 6) is -6.81. The summed E-state index contributed by atoms with van der Waals surface area (Å²) >= 11 is 6.14. The molecular weight excluding hydrogens is 707 g/mol. The highest BCUT2D eigenvalue weighted by Crippen LogP contribution is 2.65. The van der Waals surface area contributed by atoms with Gasteiger partial charge < -0.3 is 5.11 Å². The number of ketones is 1. The van der Waals surface area contributed by atoms with Gasteiger partial charge in [-0.05, 0) is 85.0 Å². The number of phenolic OH excluding ortho intramolecular Hbond substituents is 1. The monoisotopic (exact) mass is 738 g/mol. The van der Waals surface area contributed by atoms with Crippen LogP contribution in [0.1, 0.15) is 47.2 Å². The van der Waals surface area contributed by atoms with Crippen LogP contribution in [0.15, 0.2) is 121 Å². The van der Waals surface area contributed by atoms with Gasteiger partial charge in [-0.25, -0.2) is 9.29 Å². The molecule has 5 aromatic carbocycles. The van der Waals surface area contributed by atoms with E-state index in [4.69, 9.17) is 11.6 Å². The molecule has 0 bridgehead atoms. The minimum Gasteiger partial charge on any atom is -0.508 e. The highest BCUT2D eigenvalue weighted by molar-refractivity contribution is 6.32. The molecule has 54 heavy (non-hydrogen) atoms. The molecule has 2 saturated heterocycles. The SMILES string of the molecule is CC12C(=O)N(c3ccc(F)c(Cl)c3)C(=O)C1CC1C(=CCC3C(=O)N(c4ccc(C(=O)c5ccccc5)cc4)C(=O)C31)C2c1c(O)ccc2ccccc12. The summed E-state index contributed by atoms with van der Waals surface area (Å²) in [4.78, 5) is 73.4. The zero-order chi connectivity index (χ0) is 37.6. The van der Waals surface area contributed by atoms with Crippen molar-refractivity contribution in [3.63, 3.8) is 0 Å². The van der Waals surface area contributed by atoms with Crippen LogP contribution in [0.2, 0.25) is 5.02 Å². The van der Waals surface area contributed by atoms with Crippen molar-refractivity contribution in [2.24, 2.45) is 29.1 Å². The maximum Gasteiger partial charge on any atom is 0.241 e. The molecule has 1 saturated carbocycles. The van der Waals surface area contributed by atoms with Gasteiger partial charge in [-0.1, -0.05) is 83.9 Å². The number of allylic oxidation sites excluding steroid dienone is 2. The number of phenols is 1. The number of nitrogens with zero attached hydrogens (tertiary/aromatic N) is 2. The van der Waals surface area contributed by atoms with Gasteiger partial charge in [0.05, 0.1) is 39.6 Å². The lowest BCUT2D eigenvalue weighted by molar-refractivity contribution is -0.131. The Morgan fingerprint density at radius 3 is 2.20 bits per heavy atom. The zero-order valence-corrected chi connectivity index (χ0v) is 29.7. The fourth-order valence-corrected chi connectivity index (χ4v) is 9.73. The van der Waals surface area contributed by atoms with E-state index in [9.17, 15) is 33.5 Å². The molecular formula is C44H32ClFN2O6. The third kappa shape index (κ3) is 4.77. The molecule has 4 amide bonds. The molecule has 9 rings (SSSR count). The smallest absolute Gasteiger partial charge is 0.241 e. The normalized spacial score (nSPS) is 26.1. The van der Waals surface area contributed by atoms with Crippen LogP contribution in [0.25, 0.3) is 10.8 Å². The number of aromatic hydroxyl groups is 1. The lowest BCUT2D eigenvalue weighted by Crippen LogP contribution is -2.49. The fraction of sp³-hybridized carbons (Fsp3) is 0.205. The highest BCUT2D eigenvalue weighted by Gasteiger charge is 2.68. The van der Waals surface area contributed by atoms with E-state index in [-0.39, 0.29) is 41.0 Å². The van der Waals surface area contributed by atoms with Crippen molar-refractivity contribution in [1.29, 1.82) is 0 Å². The van der Waals surface area contributed by atoms with E-state index in [1.807, 2.05) is 36.4 Å². The molecule has 4 aliphatic rings. The van der Waals surface area contributed by atoms with Crippen LogP contribution >= 0.6 is 11.6 Å². The second-order valence-corrected chi connectivity index (χ2v) is 15.1. The number of hydrogen-bond acceptors (Lipinski definition) is 6. The third-order valence-corrected chi connectivity index (χ3v) is 12.4. The third-order valence-electron chi connectivity index (χ3n) is 12.1. The fourth-order valence-electron chi connectivity index (χ4n) is 9.55. The second kappa shape index (κ2) is 12.3. The lowest BCUT2D eigenvalue weighted by atomic mass is 9.51. The first-order valence-corrected chi connectivity index (χ1v) is 18.2. The lowest BCUT2D eigenvalue weighted by Gasteiger charge is -2.49. The van der Waals surface area contributed by atoms with Crippen molar-refractivity contribution in [1.82, 2.24) is 0 Å². The Hall–Kier alpha value is -5.93. The average Bonchev–Trinajstić information content (AvgIpc) is 3.55. The van der Waals surface area contributed by atoms with Gasteiger partial charge in [0.1, 0.15) is 11.6 Å². The number of fused-ring (bicyclic) bond motifs is 5. The van der Waals surface area contributed by atoms with Crippen LogP contribution in [0.3, 0.4) is 0 Å². The predicted octanol–water partition coefficient (Wildman–Crippen LogP) is 8.00. The summed E-state index contributed by atoms with van der Waals surface area (Å²) in [6.07, 6.45) is 2.23. The van der Waals surface area contributed by atoms with Crippen molar-refractivity contribution >= 4 is 63.2 Å². The Bertz CT molecular complexity index is 2500. The summed E-state index contributed by atoms with van der Waals surface area (Å²) in [5.41, 5.74) is 1.12. The van der Waals surface area contributed by atoms with Gasteiger partial charge in [0.2, 0.25) is 23.6 Å². The molecule has 0 aromatic heterocycles. The van der Waals surface area contributed by atoms with E-state index in [0.29, 0.717) is 33.3 Å². The molecule has 8 nitrogen and oxygen atoms in total.